The lowest BCUT2D eigenvalue weighted by Crippen LogP contribution is -2.33. The van der Waals surface area contributed by atoms with E-state index in [1.54, 1.807) is 6.08 Å². The van der Waals surface area contributed by atoms with E-state index in [9.17, 15) is 0 Å². The van der Waals surface area contributed by atoms with Crippen LogP contribution in [0.25, 0.3) is 0 Å². The lowest BCUT2D eigenvalue weighted by molar-refractivity contribution is 1.68. The Hall–Kier alpha value is 0.277. The number of allylic oxidation sites excluding steroid dienone is 2. The molecule has 0 aliphatic carbocycles. The van der Waals surface area contributed by atoms with E-state index in [0.717, 1.165) is 0 Å². The highest BCUT2D eigenvalue weighted by molar-refractivity contribution is 6.92. The van der Waals surface area contributed by atoms with E-state index in [2.05, 4.69) is 18.8 Å². The molecule has 0 aromatic rings. The van der Waals surface area contributed by atoms with Gasteiger partial charge < -0.3 is 0 Å². The van der Waals surface area contributed by atoms with E-state index in [-0.39, 0.29) is 0 Å². The Morgan fingerprint density at radius 3 is 2.20 bits per heavy atom. The minimum absolute atomic E-state index is 0.681. The Balaban J connectivity index is 4.04. The van der Waals surface area contributed by atoms with Gasteiger partial charge in [-0.3, -0.25) is 0 Å². The topological polar surface area (TPSA) is 0 Å². The van der Waals surface area contributed by atoms with E-state index in [0.29, 0.717) is 11.0 Å². The minimum Gasteiger partial charge on any atom is -0.130 e. The minimum atomic E-state index is -1.44. The van der Waals surface area contributed by atoms with E-state index in [1.165, 1.54) is 0 Å². The first kappa shape index (κ1) is 10.3. The first-order valence-electron chi connectivity index (χ1n) is 3.11. The summed E-state index contributed by atoms with van der Waals surface area (Å²) in [6.07, 6.45) is 3.68. The van der Waals surface area contributed by atoms with E-state index < -0.39 is 8.07 Å². The van der Waals surface area contributed by atoms with Crippen molar-refractivity contribution in [1.29, 1.82) is 0 Å². The summed E-state index contributed by atoms with van der Waals surface area (Å²) >= 11 is 11.5. The van der Waals surface area contributed by atoms with Gasteiger partial charge in [-0.2, -0.15) is 0 Å². The van der Waals surface area contributed by atoms with Crippen molar-refractivity contribution in [3.05, 3.63) is 24.4 Å². The van der Waals surface area contributed by atoms with Crippen LogP contribution in [0.15, 0.2) is 24.4 Å². The summed E-state index contributed by atoms with van der Waals surface area (Å²) < 4.78 is 0. The maximum absolute atomic E-state index is 5.74. The fourth-order valence-corrected chi connectivity index (χ4v) is 2.67. The summed E-state index contributed by atoms with van der Waals surface area (Å²) in [5.41, 5.74) is 3.47. The molecule has 0 atom stereocenters. The molecule has 0 unspecified atom stereocenters. The largest absolute Gasteiger partial charge is 0.130 e. The van der Waals surface area contributed by atoms with Gasteiger partial charge in [-0.05, 0) is 0 Å². The van der Waals surface area contributed by atoms with E-state index in [4.69, 9.17) is 23.2 Å². The van der Waals surface area contributed by atoms with Gasteiger partial charge in [0.25, 0.3) is 0 Å². The Bertz CT molecular complexity index is 128. The average molecular weight is 195 g/mol. The molecule has 0 aromatic heterocycles. The molecule has 58 valence electrons. The van der Waals surface area contributed by atoms with Crippen LogP contribution in [0.3, 0.4) is 0 Å². The monoisotopic (exact) mass is 194 g/mol. The van der Waals surface area contributed by atoms with Crippen LogP contribution in [0.5, 0.6) is 0 Å². The van der Waals surface area contributed by atoms with Crippen LogP contribution in [0.4, 0.5) is 0 Å². The van der Waals surface area contributed by atoms with Crippen LogP contribution in [0, 0.1) is 0 Å². The molecular formula is C7H12Cl2Si. The van der Waals surface area contributed by atoms with Crippen LogP contribution in [-0.4, -0.2) is 19.1 Å². The average Bonchev–Trinajstić information content (AvgIpc) is 2.00. The zero-order valence-corrected chi connectivity index (χ0v) is 8.62. The number of hydrogen-bond acceptors (Lipinski definition) is 0. The predicted molar refractivity (Wildman–Crippen MR) is 52.4 cm³/mol. The van der Waals surface area contributed by atoms with Gasteiger partial charge in [-0.1, -0.05) is 31.0 Å². The fourth-order valence-electron chi connectivity index (χ4n) is 0.425. The molecule has 0 saturated carbocycles. The van der Waals surface area contributed by atoms with Gasteiger partial charge >= 0.3 is 0 Å². The number of rotatable bonds is 4. The van der Waals surface area contributed by atoms with Crippen molar-refractivity contribution in [2.24, 2.45) is 0 Å². The molecule has 3 heteroatoms. The highest BCUT2D eigenvalue weighted by Crippen LogP contribution is 2.08. The molecule has 0 saturated heterocycles. The predicted octanol–water partition coefficient (Wildman–Crippen LogP) is 2.90. The lowest BCUT2D eigenvalue weighted by atomic mass is 10.6. The van der Waals surface area contributed by atoms with E-state index in [1.807, 2.05) is 6.08 Å². The SMILES string of the molecule is C=C/C=C/[Si](C)(CCl)CCl. The Kier molecular flexibility index (Phi) is 5.14. The van der Waals surface area contributed by atoms with Crippen molar-refractivity contribution >= 4 is 31.3 Å². The van der Waals surface area contributed by atoms with Crippen LogP contribution in [0.1, 0.15) is 0 Å². The van der Waals surface area contributed by atoms with Gasteiger partial charge in [-0.15, -0.1) is 23.2 Å². The molecule has 0 rings (SSSR count). The number of halogens is 2. The standard InChI is InChI=1S/C7H12Cl2Si/c1-3-4-5-10(2,6-8)7-9/h3-5H,1,6-7H2,2H3/b5-4+. The summed E-state index contributed by atoms with van der Waals surface area (Å²) in [6, 6.07) is 0. The van der Waals surface area contributed by atoms with Gasteiger partial charge in [0.15, 0.2) is 0 Å². The third-order valence-corrected chi connectivity index (χ3v) is 7.13. The summed E-state index contributed by atoms with van der Waals surface area (Å²) in [5, 5.41) is 0. The smallest absolute Gasteiger partial charge is 0.105 e. The van der Waals surface area contributed by atoms with Crippen LogP contribution < -0.4 is 0 Å². The molecule has 0 bridgehead atoms. The molecule has 0 fully saturated rings. The fraction of sp³-hybridized carbons (Fsp3) is 0.429. The summed E-state index contributed by atoms with van der Waals surface area (Å²) in [4.78, 5) is 0. The van der Waals surface area contributed by atoms with Crippen LogP contribution in [0.2, 0.25) is 6.55 Å². The third kappa shape index (κ3) is 3.45. The van der Waals surface area contributed by atoms with Crippen molar-refractivity contribution in [1.82, 2.24) is 0 Å². The van der Waals surface area contributed by atoms with Crippen molar-refractivity contribution in [2.75, 3.05) is 11.0 Å². The highest BCUT2D eigenvalue weighted by atomic mass is 35.5. The van der Waals surface area contributed by atoms with Crippen LogP contribution in [-0.2, 0) is 0 Å². The Morgan fingerprint density at radius 2 is 1.90 bits per heavy atom. The molecule has 0 aliphatic heterocycles. The maximum atomic E-state index is 5.74. The van der Waals surface area contributed by atoms with Gasteiger partial charge in [0.2, 0.25) is 0 Å². The van der Waals surface area contributed by atoms with Crippen molar-refractivity contribution in [2.45, 2.75) is 6.55 Å². The van der Waals surface area contributed by atoms with Gasteiger partial charge in [0, 0.05) is 11.0 Å². The second-order valence-electron chi connectivity index (χ2n) is 2.52. The van der Waals surface area contributed by atoms with Gasteiger partial charge in [0.05, 0.1) is 0 Å². The van der Waals surface area contributed by atoms with Gasteiger partial charge in [-0.25, -0.2) is 0 Å². The zero-order valence-electron chi connectivity index (χ0n) is 6.11. The molecule has 10 heavy (non-hydrogen) atoms. The molecule has 0 amide bonds. The molecule has 0 radical (unpaired) electrons. The molecule has 0 nitrogen and oxygen atoms in total. The maximum Gasteiger partial charge on any atom is 0.105 e. The Labute approximate surface area is 73.5 Å². The summed E-state index contributed by atoms with van der Waals surface area (Å²) in [7, 11) is -1.44. The van der Waals surface area contributed by atoms with Gasteiger partial charge in [0.1, 0.15) is 8.07 Å². The summed E-state index contributed by atoms with van der Waals surface area (Å²) in [6.45, 7) is 5.73. The van der Waals surface area contributed by atoms with Crippen molar-refractivity contribution in [3.63, 3.8) is 0 Å². The molecule has 0 aromatic carbocycles. The molecule has 0 aliphatic rings. The van der Waals surface area contributed by atoms with E-state index >= 15 is 0 Å². The van der Waals surface area contributed by atoms with Crippen LogP contribution >= 0.6 is 23.2 Å². The second-order valence-corrected chi connectivity index (χ2v) is 8.30. The number of hydrogen-bond donors (Lipinski definition) is 0. The lowest BCUT2D eigenvalue weighted by Gasteiger charge is -2.15. The van der Waals surface area contributed by atoms with Crippen molar-refractivity contribution < 1.29 is 0 Å². The van der Waals surface area contributed by atoms with Crippen molar-refractivity contribution in [3.8, 4) is 0 Å². The zero-order chi connectivity index (χ0) is 8.04. The highest BCUT2D eigenvalue weighted by Gasteiger charge is 2.20. The molecular weight excluding hydrogens is 183 g/mol. The first-order valence-corrected chi connectivity index (χ1v) is 7.17. The third-order valence-electron chi connectivity index (χ3n) is 1.25. The second kappa shape index (κ2) is 5.00. The number of alkyl halides is 2. The first-order chi connectivity index (χ1) is 4.68. The quantitative estimate of drug-likeness (QED) is 0.367. The molecule has 0 spiro atoms. The summed E-state index contributed by atoms with van der Waals surface area (Å²) in [5.74, 6) is 0. The molecule has 0 heterocycles. The normalized spacial score (nSPS) is 12.3. The molecule has 0 N–H and O–H groups in total. The Morgan fingerprint density at radius 1 is 1.40 bits per heavy atom.